The molecule has 4 heterocycles. The third-order valence-electron chi connectivity index (χ3n) is 6.74. The summed E-state index contributed by atoms with van der Waals surface area (Å²) in [7, 11) is 0. The maximum atomic E-state index is 15.5. The van der Waals surface area contributed by atoms with E-state index in [2.05, 4.69) is 9.97 Å². The summed E-state index contributed by atoms with van der Waals surface area (Å²) in [6, 6.07) is 5.35. The van der Waals surface area contributed by atoms with E-state index < -0.39 is 23.3 Å². The lowest BCUT2D eigenvalue weighted by molar-refractivity contribution is 0.0180. The quantitative estimate of drug-likeness (QED) is 0.454. The predicted molar refractivity (Wildman–Crippen MR) is 126 cm³/mol. The van der Waals surface area contributed by atoms with Gasteiger partial charge < -0.3 is 9.72 Å². The molecule has 188 valence electrons. The van der Waals surface area contributed by atoms with E-state index in [4.69, 9.17) is 4.74 Å². The minimum Gasteiger partial charge on any atom is -0.488 e. The monoisotopic (exact) mass is 490 g/mol. The van der Waals surface area contributed by atoms with Crippen LogP contribution in [-0.2, 0) is 6.42 Å². The summed E-state index contributed by atoms with van der Waals surface area (Å²) >= 11 is 0. The standard InChI is InChI=1S/C26H30F4N4O/c1-26(2,30)15-34-10-6-18-19-5-3-8-31-25(19)32-23(18)24(34)22-20(28)11-16(12-21(22)29)35-17-13-33(14-17)9-4-7-27/h3,5,8,11-12,17,24H,4,6-7,9-10,13-15H2,1-2H3,(H,31,32). The number of hydrogen-bond acceptors (Lipinski definition) is 4. The Morgan fingerprint density at radius 2 is 1.94 bits per heavy atom. The molecule has 3 aromatic rings. The van der Waals surface area contributed by atoms with Gasteiger partial charge >= 0.3 is 0 Å². The highest BCUT2D eigenvalue weighted by Gasteiger charge is 2.38. The fourth-order valence-electron chi connectivity index (χ4n) is 5.29. The van der Waals surface area contributed by atoms with Crippen molar-refractivity contribution in [3.63, 3.8) is 0 Å². The smallest absolute Gasteiger partial charge is 0.137 e. The Balaban J connectivity index is 1.46. The number of ether oxygens (including phenoxy) is 1. The number of aromatic amines is 1. The van der Waals surface area contributed by atoms with Crippen molar-refractivity contribution in [1.82, 2.24) is 19.8 Å². The molecule has 2 aliphatic heterocycles. The van der Waals surface area contributed by atoms with Crippen LogP contribution in [0.2, 0.25) is 0 Å². The van der Waals surface area contributed by atoms with Crippen LogP contribution in [0.25, 0.3) is 11.0 Å². The molecule has 0 amide bonds. The van der Waals surface area contributed by atoms with Crippen LogP contribution in [0.4, 0.5) is 17.6 Å². The number of pyridine rings is 1. The molecule has 1 atom stereocenters. The zero-order chi connectivity index (χ0) is 24.7. The Kier molecular flexibility index (Phi) is 6.48. The number of hydrogen-bond donors (Lipinski definition) is 1. The second-order valence-electron chi connectivity index (χ2n) is 10.1. The lowest BCUT2D eigenvalue weighted by atomic mass is 9.90. The molecule has 9 heteroatoms. The highest BCUT2D eigenvalue weighted by Crippen LogP contribution is 2.41. The first-order valence-electron chi connectivity index (χ1n) is 12.1. The van der Waals surface area contributed by atoms with Gasteiger partial charge in [0, 0.05) is 67.7 Å². The highest BCUT2D eigenvalue weighted by atomic mass is 19.1. The summed E-state index contributed by atoms with van der Waals surface area (Å²) in [6.45, 7) is 4.87. The van der Waals surface area contributed by atoms with E-state index >= 15 is 8.78 Å². The summed E-state index contributed by atoms with van der Waals surface area (Å²) < 4.78 is 63.9. The molecule has 1 saturated heterocycles. The predicted octanol–water partition coefficient (Wildman–Crippen LogP) is 4.96. The fraction of sp³-hybridized carbons (Fsp3) is 0.500. The number of nitrogens with zero attached hydrogens (tertiary/aromatic N) is 3. The van der Waals surface area contributed by atoms with Crippen LogP contribution in [0.5, 0.6) is 5.75 Å². The van der Waals surface area contributed by atoms with Gasteiger partial charge in [-0.2, -0.15) is 0 Å². The first kappa shape index (κ1) is 24.1. The number of aromatic nitrogens is 2. The van der Waals surface area contributed by atoms with Crippen molar-refractivity contribution >= 4 is 11.0 Å². The Labute approximate surface area is 202 Å². The van der Waals surface area contributed by atoms with Gasteiger partial charge in [-0.1, -0.05) is 0 Å². The van der Waals surface area contributed by atoms with Gasteiger partial charge in [0.05, 0.1) is 12.7 Å². The summed E-state index contributed by atoms with van der Waals surface area (Å²) in [5.41, 5.74) is 0.559. The number of H-pyrrole nitrogens is 1. The molecule has 2 aliphatic rings. The summed E-state index contributed by atoms with van der Waals surface area (Å²) in [4.78, 5) is 11.4. The van der Waals surface area contributed by atoms with E-state index in [1.54, 1.807) is 11.1 Å². The van der Waals surface area contributed by atoms with Gasteiger partial charge in [0.25, 0.3) is 0 Å². The number of benzene rings is 1. The van der Waals surface area contributed by atoms with E-state index in [1.165, 1.54) is 26.0 Å². The van der Waals surface area contributed by atoms with E-state index in [9.17, 15) is 8.78 Å². The van der Waals surface area contributed by atoms with Crippen LogP contribution in [-0.4, -0.2) is 70.9 Å². The second-order valence-corrected chi connectivity index (χ2v) is 10.1. The normalized spacial score (nSPS) is 19.7. The van der Waals surface area contributed by atoms with Gasteiger partial charge in [0.15, 0.2) is 0 Å². The van der Waals surface area contributed by atoms with Crippen molar-refractivity contribution in [3.8, 4) is 5.75 Å². The van der Waals surface area contributed by atoms with Crippen LogP contribution < -0.4 is 4.74 Å². The first-order chi connectivity index (χ1) is 16.7. The van der Waals surface area contributed by atoms with Crippen LogP contribution in [0.1, 0.15) is 43.1 Å². The molecule has 0 aliphatic carbocycles. The average Bonchev–Trinajstić information content (AvgIpc) is 3.13. The van der Waals surface area contributed by atoms with Crippen LogP contribution in [0, 0.1) is 11.6 Å². The molecular formula is C26H30F4N4O. The number of fused-ring (bicyclic) bond motifs is 3. The number of rotatable bonds is 8. The first-order valence-corrected chi connectivity index (χ1v) is 12.1. The molecule has 1 unspecified atom stereocenters. The average molecular weight is 491 g/mol. The molecule has 0 spiro atoms. The van der Waals surface area contributed by atoms with Gasteiger partial charge in [-0.25, -0.2) is 18.2 Å². The Bertz CT molecular complexity index is 1180. The third kappa shape index (κ3) is 4.89. The van der Waals surface area contributed by atoms with E-state index in [-0.39, 0.29) is 30.6 Å². The van der Waals surface area contributed by atoms with Gasteiger partial charge in [0.2, 0.25) is 0 Å². The molecule has 1 N–H and O–H groups in total. The van der Waals surface area contributed by atoms with Crippen LogP contribution >= 0.6 is 0 Å². The highest BCUT2D eigenvalue weighted by molar-refractivity contribution is 5.82. The Morgan fingerprint density at radius 1 is 1.20 bits per heavy atom. The SMILES string of the molecule is CC(C)(F)CN1CCc2c([nH]c3ncccc23)C1c1c(F)cc(OC2CN(CCCF)C2)cc1F. The van der Waals surface area contributed by atoms with E-state index in [0.29, 0.717) is 50.4 Å². The second kappa shape index (κ2) is 9.43. The maximum Gasteiger partial charge on any atom is 0.137 e. The van der Waals surface area contributed by atoms with Crippen molar-refractivity contribution in [3.05, 3.63) is 58.9 Å². The minimum absolute atomic E-state index is 0.0216. The van der Waals surface area contributed by atoms with Crippen molar-refractivity contribution in [2.45, 2.75) is 44.5 Å². The zero-order valence-corrected chi connectivity index (χ0v) is 20.0. The molecule has 5 rings (SSSR count). The lowest BCUT2D eigenvalue weighted by Crippen LogP contribution is -2.53. The lowest BCUT2D eigenvalue weighted by Gasteiger charge is -2.39. The van der Waals surface area contributed by atoms with Gasteiger partial charge in [-0.05, 0) is 44.4 Å². The largest absolute Gasteiger partial charge is 0.488 e. The minimum atomic E-state index is -1.55. The van der Waals surface area contributed by atoms with Crippen LogP contribution in [0.3, 0.4) is 0 Å². The van der Waals surface area contributed by atoms with Crippen molar-refractivity contribution in [1.29, 1.82) is 0 Å². The molecule has 0 bridgehead atoms. The zero-order valence-electron chi connectivity index (χ0n) is 20.0. The van der Waals surface area contributed by atoms with E-state index in [0.717, 1.165) is 10.9 Å². The van der Waals surface area contributed by atoms with Crippen LogP contribution in [0.15, 0.2) is 30.5 Å². The summed E-state index contributed by atoms with van der Waals surface area (Å²) in [6.07, 6.45) is 2.56. The summed E-state index contributed by atoms with van der Waals surface area (Å²) in [5.74, 6) is -1.36. The molecule has 0 radical (unpaired) electrons. The van der Waals surface area contributed by atoms with Crippen molar-refractivity contribution < 1.29 is 22.3 Å². The topological polar surface area (TPSA) is 44.4 Å². The fourth-order valence-corrected chi connectivity index (χ4v) is 5.29. The summed E-state index contributed by atoms with van der Waals surface area (Å²) in [5, 5.41) is 0.912. The molecule has 1 aromatic carbocycles. The number of alkyl halides is 2. The van der Waals surface area contributed by atoms with Crippen molar-refractivity contribution in [2.24, 2.45) is 0 Å². The molecule has 35 heavy (non-hydrogen) atoms. The van der Waals surface area contributed by atoms with Crippen molar-refractivity contribution in [2.75, 3.05) is 39.4 Å². The Morgan fingerprint density at radius 3 is 2.63 bits per heavy atom. The molecule has 1 fully saturated rings. The molecule has 5 nitrogen and oxygen atoms in total. The van der Waals surface area contributed by atoms with Gasteiger partial charge in [0.1, 0.15) is 34.8 Å². The van der Waals surface area contributed by atoms with E-state index in [1.807, 2.05) is 17.0 Å². The number of halogens is 4. The molecule has 2 aromatic heterocycles. The van der Waals surface area contributed by atoms with Gasteiger partial charge in [-0.3, -0.25) is 14.2 Å². The Hall–Kier alpha value is -2.65. The molecular weight excluding hydrogens is 460 g/mol. The molecule has 0 saturated carbocycles. The number of likely N-dealkylation sites (tertiary alicyclic amines) is 1. The third-order valence-corrected chi connectivity index (χ3v) is 6.74. The van der Waals surface area contributed by atoms with Gasteiger partial charge in [-0.15, -0.1) is 0 Å². The maximum absolute atomic E-state index is 15.5. The number of nitrogens with one attached hydrogen (secondary N) is 1.